The van der Waals surface area contributed by atoms with Crippen molar-refractivity contribution in [2.45, 2.75) is 6.61 Å². The number of fused-ring (bicyclic) bond motifs is 2. The molecule has 7 nitrogen and oxygen atoms in total. The lowest BCUT2D eigenvalue weighted by Gasteiger charge is -2.18. The van der Waals surface area contributed by atoms with Crippen LogP contribution in [0.3, 0.4) is 0 Å². The molecule has 0 radical (unpaired) electrons. The van der Waals surface area contributed by atoms with Gasteiger partial charge in [-0.2, -0.15) is 0 Å². The van der Waals surface area contributed by atoms with Crippen LogP contribution in [0, 0.1) is 0 Å². The molecule has 1 aliphatic heterocycles. The van der Waals surface area contributed by atoms with E-state index in [1.807, 2.05) is 24.3 Å². The number of carbonyl (C=O) groups excluding carboxylic acids is 2. The number of anilines is 2. The molecule has 0 spiro atoms. The van der Waals surface area contributed by atoms with Crippen LogP contribution in [-0.2, 0) is 20.9 Å². The van der Waals surface area contributed by atoms with Gasteiger partial charge in [0.25, 0.3) is 5.91 Å². The number of nitrogens with one attached hydrogen (secondary N) is 2. The highest BCUT2D eigenvalue weighted by Gasteiger charge is 2.16. The van der Waals surface area contributed by atoms with Crippen molar-refractivity contribution in [1.29, 1.82) is 0 Å². The molecular formula is C18H15N3O4S. The van der Waals surface area contributed by atoms with Gasteiger partial charge in [0, 0.05) is 5.69 Å². The van der Waals surface area contributed by atoms with Crippen LogP contribution < -0.4 is 15.4 Å². The molecule has 2 heterocycles. The van der Waals surface area contributed by atoms with Gasteiger partial charge in [-0.3, -0.25) is 9.59 Å². The summed E-state index contributed by atoms with van der Waals surface area (Å²) in [5, 5.41) is 6.26. The predicted molar refractivity (Wildman–Crippen MR) is 98.5 cm³/mol. The quantitative estimate of drug-likeness (QED) is 0.722. The fraction of sp³-hybridized carbons (Fsp3) is 0.167. The van der Waals surface area contributed by atoms with E-state index in [0.717, 1.165) is 15.2 Å². The van der Waals surface area contributed by atoms with Crippen LogP contribution in [-0.4, -0.2) is 30.0 Å². The Bertz CT molecular complexity index is 952. The molecule has 132 valence electrons. The van der Waals surface area contributed by atoms with Crippen LogP contribution in [0.15, 0.2) is 42.5 Å². The van der Waals surface area contributed by atoms with Crippen LogP contribution in [0.1, 0.15) is 5.01 Å². The molecule has 1 aromatic heterocycles. The first-order valence-corrected chi connectivity index (χ1v) is 8.78. The lowest BCUT2D eigenvalue weighted by Crippen LogP contribution is -2.25. The standard InChI is InChI=1S/C18H15N3O4S/c22-16(8-24-10-18-21-12-3-1-2-4-15(12)26-18)19-11-5-6-14-13(7-11)20-17(23)9-25-14/h1-7H,8-10H2,(H,19,22)(H,20,23). The molecule has 0 fully saturated rings. The summed E-state index contributed by atoms with van der Waals surface area (Å²) in [6.07, 6.45) is 0. The van der Waals surface area contributed by atoms with E-state index in [4.69, 9.17) is 9.47 Å². The van der Waals surface area contributed by atoms with Crippen molar-refractivity contribution in [3.63, 3.8) is 0 Å². The summed E-state index contributed by atoms with van der Waals surface area (Å²) in [5.41, 5.74) is 2.02. The average molecular weight is 369 g/mol. The second kappa shape index (κ2) is 7.11. The van der Waals surface area contributed by atoms with Gasteiger partial charge in [0.05, 0.1) is 22.5 Å². The largest absolute Gasteiger partial charge is 0.482 e. The highest BCUT2D eigenvalue weighted by Crippen LogP contribution is 2.30. The first-order valence-electron chi connectivity index (χ1n) is 7.96. The predicted octanol–water partition coefficient (Wildman–Crippen LogP) is 2.78. The molecule has 2 N–H and O–H groups in total. The maximum Gasteiger partial charge on any atom is 0.262 e. The molecule has 1 aliphatic rings. The second-order valence-corrected chi connectivity index (χ2v) is 6.78. The number of thiazole rings is 1. The Morgan fingerprint density at radius 2 is 2.19 bits per heavy atom. The summed E-state index contributed by atoms with van der Waals surface area (Å²) in [5.74, 6) is 0.0731. The monoisotopic (exact) mass is 369 g/mol. The first kappa shape index (κ1) is 16.5. The van der Waals surface area contributed by atoms with Gasteiger partial charge < -0.3 is 20.1 Å². The van der Waals surface area contributed by atoms with Gasteiger partial charge >= 0.3 is 0 Å². The maximum atomic E-state index is 12.0. The Balaban J connectivity index is 1.31. The van der Waals surface area contributed by atoms with Gasteiger partial charge in [0.2, 0.25) is 5.91 Å². The molecule has 2 aromatic carbocycles. The van der Waals surface area contributed by atoms with Crippen LogP contribution in [0.5, 0.6) is 5.75 Å². The molecule has 0 saturated carbocycles. The molecule has 2 amide bonds. The van der Waals surface area contributed by atoms with Crippen LogP contribution in [0.2, 0.25) is 0 Å². The molecule has 0 saturated heterocycles. The number of hydrogen-bond donors (Lipinski definition) is 2. The second-order valence-electron chi connectivity index (χ2n) is 5.66. The minimum Gasteiger partial charge on any atom is -0.482 e. The number of rotatable bonds is 5. The lowest BCUT2D eigenvalue weighted by atomic mass is 10.2. The van der Waals surface area contributed by atoms with Crippen molar-refractivity contribution in [1.82, 2.24) is 4.98 Å². The summed E-state index contributed by atoms with van der Waals surface area (Å²) >= 11 is 1.55. The summed E-state index contributed by atoms with van der Waals surface area (Å²) in [6, 6.07) is 12.9. The first-order chi connectivity index (χ1) is 12.7. The van der Waals surface area contributed by atoms with Crippen molar-refractivity contribution in [2.24, 2.45) is 0 Å². The van der Waals surface area contributed by atoms with Gasteiger partial charge in [-0.1, -0.05) is 12.1 Å². The Kier molecular flexibility index (Phi) is 4.51. The number of para-hydroxylation sites is 1. The number of amides is 2. The van der Waals surface area contributed by atoms with Gasteiger partial charge in [0.1, 0.15) is 17.4 Å². The minimum absolute atomic E-state index is 0.00167. The molecule has 0 bridgehead atoms. The molecule has 0 aliphatic carbocycles. The number of hydrogen-bond acceptors (Lipinski definition) is 6. The SMILES string of the molecule is O=C(COCc1nc2ccccc2s1)Nc1ccc2c(c1)NC(=O)CO2. The van der Waals surface area contributed by atoms with Crippen LogP contribution in [0.4, 0.5) is 11.4 Å². The van der Waals surface area contributed by atoms with E-state index in [2.05, 4.69) is 15.6 Å². The minimum atomic E-state index is -0.283. The molecular weight excluding hydrogens is 354 g/mol. The van der Waals surface area contributed by atoms with Crippen LogP contribution >= 0.6 is 11.3 Å². The van der Waals surface area contributed by atoms with Crippen LogP contribution in [0.25, 0.3) is 10.2 Å². The third-order valence-corrected chi connectivity index (χ3v) is 4.70. The lowest BCUT2D eigenvalue weighted by molar-refractivity contribution is -0.121. The Morgan fingerprint density at radius 3 is 3.08 bits per heavy atom. The molecule has 0 unspecified atom stereocenters. The fourth-order valence-electron chi connectivity index (χ4n) is 2.57. The number of aromatic nitrogens is 1. The smallest absolute Gasteiger partial charge is 0.262 e. The third-order valence-electron chi connectivity index (χ3n) is 3.69. The van der Waals surface area contributed by atoms with Gasteiger partial charge in [-0.05, 0) is 30.3 Å². The summed E-state index contributed by atoms with van der Waals surface area (Å²) < 4.78 is 11.8. The highest BCUT2D eigenvalue weighted by atomic mass is 32.1. The number of benzene rings is 2. The molecule has 0 atom stereocenters. The van der Waals surface area contributed by atoms with E-state index in [1.165, 1.54) is 0 Å². The molecule has 4 rings (SSSR count). The van der Waals surface area contributed by atoms with E-state index < -0.39 is 0 Å². The van der Waals surface area contributed by atoms with E-state index in [1.54, 1.807) is 29.5 Å². The molecule has 8 heteroatoms. The zero-order valence-electron chi connectivity index (χ0n) is 13.7. The van der Waals surface area contributed by atoms with Gasteiger partial charge in [-0.15, -0.1) is 11.3 Å². The Hall–Kier alpha value is -2.97. The van der Waals surface area contributed by atoms with Gasteiger partial charge in [-0.25, -0.2) is 4.98 Å². The summed E-state index contributed by atoms with van der Waals surface area (Å²) in [6.45, 7) is 0.190. The third kappa shape index (κ3) is 3.66. The molecule has 3 aromatic rings. The van der Waals surface area contributed by atoms with Crippen molar-refractivity contribution >= 4 is 44.7 Å². The Morgan fingerprint density at radius 1 is 1.31 bits per heavy atom. The van der Waals surface area contributed by atoms with Gasteiger partial charge in [0.15, 0.2) is 6.61 Å². The zero-order valence-corrected chi connectivity index (χ0v) is 14.5. The number of carbonyl (C=O) groups is 2. The van der Waals surface area contributed by atoms with E-state index in [-0.39, 0.29) is 31.6 Å². The Labute approximate surface area is 152 Å². The summed E-state index contributed by atoms with van der Waals surface area (Å²) in [7, 11) is 0. The average Bonchev–Trinajstić information content (AvgIpc) is 3.04. The van der Waals surface area contributed by atoms with E-state index >= 15 is 0 Å². The van der Waals surface area contributed by atoms with Crippen molar-refractivity contribution in [2.75, 3.05) is 23.8 Å². The number of ether oxygens (including phenoxy) is 2. The normalized spacial score (nSPS) is 13.0. The molecule has 26 heavy (non-hydrogen) atoms. The fourth-order valence-corrected chi connectivity index (χ4v) is 3.48. The van der Waals surface area contributed by atoms with Crippen molar-refractivity contribution in [3.05, 3.63) is 47.5 Å². The maximum absolute atomic E-state index is 12.0. The highest BCUT2D eigenvalue weighted by molar-refractivity contribution is 7.18. The number of nitrogens with zero attached hydrogens (tertiary/aromatic N) is 1. The van der Waals surface area contributed by atoms with Crippen molar-refractivity contribution < 1.29 is 19.1 Å². The topological polar surface area (TPSA) is 89.5 Å². The zero-order chi connectivity index (χ0) is 17.9. The van der Waals surface area contributed by atoms with E-state index in [0.29, 0.717) is 17.1 Å². The summed E-state index contributed by atoms with van der Waals surface area (Å²) in [4.78, 5) is 27.8. The van der Waals surface area contributed by atoms with E-state index in [9.17, 15) is 9.59 Å². The van der Waals surface area contributed by atoms with Crippen molar-refractivity contribution in [3.8, 4) is 5.75 Å².